The number of likely N-dealkylation sites (N-methyl/N-ethyl adjacent to an activating group) is 1. The van der Waals surface area contributed by atoms with Gasteiger partial charge in [-0.25, -0.2) is 4.79 Å². The van der Waals surface area contributed by atoms with E-state index in [1.54, 1.807) is 16.8 Å². The zero-order valence-electron chi connectivity index (χ0n) is 27.0. The second-order valence-corrected chi connectivity index (χ2v) is 13.8. The van der Waals surface area contributed by atoms with Crippen molar-refractivity contribution in [1.29, 1.82) is 5.26 Å². The van der Waals surface area contributed by atoms with Crippen LogP contribution < -0.4 is 9.64 Å². The number of ether oxygens (including phenoxy) is 2. The van der Waals surface area contributed by atoms with E-state index in [9.17, 15) is 19.6 Å². The van der Waals surface area contributed by atoms with Crippen molar-refractivity contribution in [2.75, 3.05) is 11.9 Å². The molecule has 0 spiro atoms. The molecule has 1 saturated carbocycles. The van der Waals surface area contributed by atoms with E-state index in [0.29, 0.717) is 25.2 Å². The van der Waals surface area contributed by atoms with E-state index in [1.165, 1.54) is 0 Å². The Morgan fingerprint density at radius 2 is 1.76 bits per heavy atom. The van der Waals surface area contributed by atoms with Gasteiger partial charge < -0.3 is 14.4 Å². The highest BCUT2D eigenvalue weighted by Crippen LogP contribution is 2.44. The summed E-state index contributed by atoms with van der Waals surface area (Å²) in [7, 11) is 1.79. The van der Waals surface area contributed by atoms with Gasteiger partial charge in [-0.3, -0.25) is 14.5 Å². The fourth-order valence-electron chi connectivity index (χ4n) is 7.17. The average molecular weight is 620 g/mol. The Hall–Kier alpha value is -4.64. The Morgan fingerprint density at radius 3 is 2.50 bits per heavy atom. The predicted octanol–water partition coefficient (Wildman–Crippen LogP) is 6.88. The highest BCUT2D eigenvalue weighted by molar-refractivity contribution is 6.01. The largest absolute Gasteiger partial charge is 0.489 e. The van der Waals surface area contributed by atoms with Gasteiger partial charge in [0.05, 0.1) is 24.4 Å². The molecule has 1 unspecified atom stereocenters. The van der Waals surface area contributed by atoms with Crippen LogP contribution in [0.25, 0.3) is 11.1 Å². The van der Waals surface area contributed by atoms with E-state index in [2.05, 4.69) is 6.07 Å². The molecule has 0 N–H and O–H groups in total. The number of rotatable bonds is 9. The summed E-state index contributed by atoms with van der Waals surface area (Å²) in [6.45, 7) is 5.83. The smallest absolute Gasteiger partial charge is 0.411 e. The minimum Gasteiger partial charge on any atom is -0.489 e. The van der Waals surface area contributed by atoms with Gasteiger partial charge in [-0.15, -0.1) is 0 Å². The number of amides is 2. The Kier molecular flexibility index (Phi) is 8.61. The van der Waals surface area contributed by atoms with Crippen LogP contribution in [0.15, 0.2) is 66.7 Å². The quantitative estimate of drug-likeness (QED) is 0.259. The number of benzene rings is 3. The molecule has 1 saturated heterocycles. The number of hydrogen-bond acceptors (Lipinski definition) is 6. The molecule has 0 radical (unpaired) electrons. The summed E-state index contributed by atoms with van der Waals surface area (Å²) < 4.78 is 12.1. The summed E-state index contributed by atoms with van der Waals surface area (Å²) in [5.41, 5.74) is 5.01. The molecule has 1 aliphatic carbocycles. The van der Waals surface area contributed by atoms with Crippen LogP contribution in [-0.4, -0.2) is 47.4 Å². The van der Waals surface area contributed by atoms with E-state index in [0.717, 1.165) is 52.8 Å². The van der Waals surface area contributed by atoms with E-state index in [4.69, 9.17) is 9.47 Å². The van der Waals surface area contributed by atoms with E-state index >= 15 is 0 Å². The number of carbonyl (C=O) groups is 3. The lowest BCUT2D eigenvalue weighted by Crippen LogP contribution is -2.51. The zero-order valence-corrected chi connectivity index (χ0v) is 27.0. The molecule has 3 aromatic carbocycles. The molecule has 8 heteroatoms. The van der Waals surface area contributed by atoms with Gasteiger partial charge in [0.15, 0.2) is 5.78 Å². The summed E-state index contributed by atoms with van der Waals surface area (Å²) in [6.07, 6.45) is 2.93. The number of likely N-dealkylation sites (tertiary alicyclic amines) is 1. The third-order valence-corrected chi connectivity index (χ3v) is 9.42. The molecule has 2 amide bonds. The van der Waals surface area contributed by atoms with Crippen molar-refractivity contribution in [2.45, 2.75) is 83.6 Å². The Balaban J connectivity index is 1.23. The maximum atomic E-state index is 13.8. The lowest BCUT2D eigenvalue weighted by Gasteiger charge is -2.35. The number of fused-ring (bicyclic) bond motifs is 3. The van der Waals surface area contributed by atoms with E-state index in [1.807, 2.05) is 87.5 Å². The standard InChI is InChI=1S/C38H41N3O5/c1-38(2,3)46-37(44)41-31-15-14-30(18-31)36(41)33(42)17-25(22-39)16-29-13-11-27(20-34(29)45-23-24-8-6-5-7-9-24)26-10-12-28-21-35(43)40(4)32(28)19-26/h5-13,19-20,25,30-31,36H,14-18,21,23H2,1-4H3/t25?,30-,31+,36-/m0/s1. The molecule has 0 aromatic heterocycles. The average Bonchev–Trinajstić information content (AvgIpc) is 3.73. The van der Waals surface area contributed by atoms with Crippen molar-refractivity contribution >= 4 is 23.5 Å². The minimum absolute atomic E-state index is 0.0111. The van der Waals surface area contributed by atoms with E-state index in [-0.39, 0.29) is 30.1 Å². The van der Waals surface area contributed by atoms with Gasteiger partial charge in [-0.1, -0.05) is 54.6 Å². The van der Waals surface area contributed by atoms with Crippen molar-refractivity contribution < 1.29 is 23.9 Å². The molecule has 2 aliphatic heterocycles. The summed E-state index contributed by atoms with van der Waals surface area (Å²) in [4.78, 5) is 42.5. The maximum absolute atomic E-state index is 13.8. The Bertz CT molecular complexity index is 1690. The topological polar surface area (TPSA) is 99.9 Å². The molecule has 3 aromatic rings. The zero-order chi connectivity index (χ0) is 32.6. The molecule has 3 aliphatic rings. The number of Topliss-reactive ketones (excluding diaryl/α,β-unsaturated/α-hetero) is 1. The molecule has 2 heterocycles. The molecule has 46 heavy (non-hydrogen) atoms. The maximum Gasteiger partial charge on any atom is 0.411 e. The fraction of sp³-hybridized carbons (Fsp3) is 0.421. The molecule has 6 rings (SSSR count). The van der Waals surface area contributed by atoms with Crippen LogP contribution in [-0.2, 0) is 33.8 Å². The van der Waals surface area contributed by atoms with Crippen LogP contribution in [0.2, 0.25) is 0 Å². The summed E-state index contributed by atoms with van der Waals surface area (Å²) in [5.74, 6) is 0.164. The second-order valence-electron chi connectivity index (χ2n) is 13.8. The Morgan fingerprint density at radius 1 is 1.02 bits per heavy atom. The van der Waals surface area contributed by atoms with Crippen LogP contribution in [0, 0.1) is 23.2 Å². The highest BCUT2D eigenvalue weighted by Gasteiger charge is 2.52. The number of piperidine rings is 1. The number of hydrogen-bond donors (Lipinski definition) is 0. The molecular weight excluding hydrogens is 578 g/mol. The predicted molar refractivity (Wildman–Crippen MR) is 175 cm³/mol. The number of carbonyl (C=O) groups excluding carboxylic acids is 3. The Labute approximate surface area is 270 Å². The third-order valence-electron chi connectivity index (χ3n) is 9.42. The van der Waals surface area contributed by atoms with Crippen LogP contribution in [0.4, 0.5) is 10.5 Å². The fourth-order valence-corrected chi connectivity index (χ4v) is 7.17. The number of ketones is 1. The van der Waals surface area contributed by atoms with Gasteiger partial charge in [-0.05, 0) is 92.3 Å². The first kappa shape index (κ1) is 31.3. The lowest BCUT2D eigenvalue weighted by atomic mass is 9.87. The first-order valence-corrected chi connectivity index (χ1v) is 16.1. The van der Waals surface area contributed by atoms with Gasteiger partial charge >= 0.3 is 6.09 Å². The molecule has 238 valence electrons. The third kappa shape index (κ3) is 6.50. The van der Waals surface area contributed by atoms with Crippen LogP contribution in [0.3, 0.4) is 0 Å². The second kappa shape index (κ2) is 12.6. The van der Waals surface area contributed by atoms with Crippen molar-refractivity contribution in [3.63, 3.8) is 0 Å². The molecular formula is C38H41N3O5. The van der Waals surface area contributed by atoms with Crippen molar-refractivity contribution in [3.05, 3.63) is 83.4 Å². The van der Waals surface area contributed by atoms with Gasteiger partial charge in [0, 0.05) is 25.2 Å². The molecule has 2 bridgehead atoms. The normalized spacial score (nSPS) is 20.8. The van der Waals surface area contributed by atoms with Gasteiger partial charge in [0.2, 0.25) is 5.91 Å². The first-order valence-electron chi connectivity index (χ1n) is 16.1. The lowest BCUT2D eigenvalue weighted by molar-refractivity contribution is -0.126. The van der Waals surface area contributed by atoms with Gasteiger partial charge in [0.25, 0.3) is 0 Å². The number of anilines is 1. The van der Waals surface area contributed by atoms with Crippen molar-refractivity contribution in [2.24, 2.45) is 11.8 Å². The summed E-state index contributed by atoms with van der Waals surface area (Å²) in [5, 5.41) is 10.2. The summed E-state index contributed by atoms with van der Waals surface area (Å²) >= 11 is 0. The van der Waals surface area contributed by atoms with Crippen LogP contribution >= 0.6 is 0 Å². The molecule has 8 nitrogen and oxygen atoms in total. The SMILES string of the molecule is CN1C(=O)Cc2ccc(-c3ccc(CC(C#N)CC(=O)[C@@H]4[C@H]5CC[C@H](C5)N4C(=O)OC(C)(C)C)c(OCc4ccccc4)c3)cc21. The van der Waals surface area contributed by atoms with Crippen molar-refractivity contribution in [3.8, 4) is 22.9 Å². The molecule has 2 fully saturated rings. The van der Waals surface area contributed by atoms with Crippen molar-refractivity contribution in [1.82, 2.24) is 4.90 Å². The van der Waals surface area contributed by atoms with Gasteiger partial charge in [-0.2, -0.15) is 5.26 Å². The minimum atomic E-state index is -0.656. The molecule has 4 atom stereocenters. The summed E-state index contributed by atoms with van der Waals surface area (Å²) in [6, 6.07) is 23.7. The first-order chi connectivity index (χ1) is 22.0. The monoisotopic (exact) mass is 619 g/mol. The number of nitrogens with zero attached hydrogens (tertiary/aromatic N) is 3. The van der Waals surface area contributed by atoms with Crippen LogP contribution in [0.1, 0.15) is 63.1 Å². The highest BCUT2D eigenvalue weighted by atomic mass is 16.6. The van der Waals surface area contributed by atoms with Gasteiger partial charge in [0.1, 0.15) is 18.0 Å². The van der Waals surface area contributed by atoms with Crippen LogP contribution in [0.5, 0.6) is 5.75 Å². The van der Waals surface area contributed by atoms with E-state index < -0.39 is 23.7 Å². The number of nitriles is 1.